The molecule has 0 aliphatic rings. The molecule has 0 saturated carbocycles. The third-order valence-electron chi connectivity index (χ3n) is 1.25. The van der Waals surface area contributed by atoms with E-state index in [0.717, 1.165) is 10.9 Å². The van der Waals surface area contributed by atoms with Gasteiger partial charge in [-0.25, -0.2) is 0 Å². The van der Waals surface area contributed by atoms with E-state index < -0.39 is 0 Å². The van der Waals surface area contributed by atoms with E-state index in [9.17, 15) is 0 Å². The molecule has 0 atom stereocenters. The van der Waals surface area contributed by atoms with Crippen LogP contribution in [0.2, 0.25) is 0 Å². The van der Waals surface area contributed by atoms with Gasteiger partial charge in [-0.1, -0.05) is 18.2 Å². The number of ether oxygens (including phenoxy) is 1. The maximum Gasteiger partial charge on any atom is 0.118 e. The lowest BCUT2D eigenvalue weighted by Crippen LogP contribution is -2.13. The second-order valence-corrected chi connectivity index (χ2v) is 3.20. The van der Waals surface area contributed by atoms with E-state index in [4.69, 9.17) is 4.74 Å². The van der Waals surface area contributed by atoms with E-state index in [1.165, 1.54) is 0 Å². The molecule has 0 unspecified atom stereocenters. The molecule has 11 heavy (non-hydrogen) atoms. The van der Waals surface area contributed by atoms with Crippen molar-refractivity contribution in [2.24, 2.45) is 0 Å². The standard InChI is InChI=1S/C9H11OSi/c1-7(2)10-8-5-3-4-6-9(8)11/h3-7H,1-2H3. The highest BCUT2D eigenvalue weighted by atomic mass is 28.1. The van der Waals surface area contributed by atoms with Crippen molar-refractivity contribution in [1.82, 2.24) is 0 Å². The first kappa shape index (κ1) is 8.33. The topological polar surface area (TPSA) is 9.23 Å². The molecule has 1 rings (SSSR count). The molecule has 1 nitrogen and oxygen atoms in total. The predicted molar refractivity (Wildman–Crippen MR) is 47.6 cm³/mol. The summed E-state index contributed by atoms with van der Waals surface area (Å²) in [5.74, 6) is 0.902. The Morgan fingerprint density at radius 3 is 2.45 bits per heavy atom. The normalized spacial score (nSPS) is 10.2. The van der Waals surface area contributed by atoms with Gasteiger partial charge >= 0.3 is 0 Å². The minimum atomic E-state index is 0.229. The molecular formula is C9H11OSi. The van der Waals surface area contributed by atoms with Gasteiger partial charge in [0.25, 0.3) is 0 Å². The van der Waals surface area contributed by atoms with Gasteiger partial charge in [0, 0.05) is 0 Å². The highest BCUT2D eigenvalue weighted by molar-refractivity contribution is 6.34. The second kappa shape index (κ2) is 3.58. The molecule has 3 radical (unpaired) electrons. The van der Waals surface area contributed by atoms with Crippen LogP contribution in [0.5, 0.6) is 5.75 Å². The number of benzene rings is 1. The average Bonchev–Trinajstić information content (AvgIpc) is 1.93. The van der Waals surface area contributed by atoms with Crippen molar-refractivity contribution >= 4 is 15.4 Å². The Kier molecular flexibility index (Phi) is 2.71. The molecule has 0 fully saturated rings. The fourth-order valence-electron chi connectivity index (χ4n) is 0.823. The molecular weight excluding hydrogens is 152 g/mol. The Morgan fingerprint density at radius 2 is 1.91 bits per heavy atom. The summed E-state index contributed by atoms with van der Waals surface area (Å²) >= 11 is 0. The van der Waals surface area contributed by atoms with Gasteiger partial charge < -0.3 is 4.74 Å². The molecule has 0 bridgehead atoms. The van der Waals surface area contributed by atoms with Crippen LogP contribution >= 0.6 is 0 Å². The fourth-order valence-corrected chi connectivity index (χ4v) is 1.06. The van der Waals surface area contributed by atoms with Gasteiger partial charge in [-0.05, 0) is 25.1 Å². The summed E-state index contributed by atoms with van der Waals surface area (Å²) in [5, 5.41) is 1.00. The minimum absolute atomic E-state index is 0.229. The zero-order valence-electron chi connectivity index (χ0n) is 6.79. The van der Waals surface area contributed by atoms with Crippen LogP contribution in [-0.4, -0.2) is 16.3 Å². The van der Waals surface area contributed by atoms with Gasteiger partial charge in [-0.15, -0.1) is 0 Å². The van der Waals surface area contributed by atoms with Crippen molar-refractivity contribution in [2.75, 3.05) is 0 Å². The molecule has 0 spiro atoms. The molecule has 1 aromatic carbocycles. The Morgan fingerprint density at radius 1 is 1.27 bits per heavy atom. The Labute approximate surface area is 70.8 Å². The Bertz CT molecular complexity index is 233. The van der Waals surface area contributed by atoms with Crippen molar-refractivity contribution in [3.8, 4) is 5.75 Å². The zero-order chi connectivity index (χ0) is 8.27. The van der Waals surface area contributed by atoms with Gasteiger partial charge in [0.1, 0.15) is 5.75 Å². The second-order valence-electron chi connectivity index (χ2n) is 2.66. The quantitative estimate of drug-likeness (QED) is 0.597. The van der Waals surface area contributed by atoms with Crippen LogP contribution in [0.15, 0.2) is 24.3 Å². The van der Waals surface area contributed by atoms with Gasteiger partial charge in [-0.2, -0.15) is 0 Å². The van der Waals surface area contributed by atoms with E-state index in [-0.39, 0.29) is 6.10 Å². The summed E-state index contributed by atoms with van der Waals surface area (Å²) < 4.78 is 5.50. The highest BCUT2D eigenvalue weighted by Gasteiger charge is 1.98. The largest absolute Gasteiger partial charge is 0.491 e. The highest BCUT2D eigenvalue weighted by Crippen LogP contribution is 2.06. The molecule has 0 aromatic heterocycles. The first-order chi connectivity index (χ1) is 5.20. The molecule has 0 N–H and O–H groups in total. The Hall–Kier alpha value is -0.763. The summed E-state index contributed by atoms with van der Waals surface area (Å²) in [6.45, 7) is 4.03. The van der Waals surface area contributed by atoms with Crippen molar-refractivity contribution in [3.05, 3.63) is 24.3 Å². The van der Waals surface area contributed by atoms with Crippen LogP contribution in [0.4, 0.5) is 0 Å². The Balaban J connectivity index is 2.78. The van der Waals surface area contributed by atoms with Crippen LogP contribution in [0.25, 0.3) is 0 Å². The maximum atomic E-state index is 5.50. The first-order valence-electron chi connectivity index (χ1n) is 3.67. The zero-order valence-corrected chi connectivity index (χ0v) is 7.79. The molecule has 0 saturated heterocycles. The number of para-hydroxylation sites is 1. The fraction of sp³-hybridized carbons (Fsp3) is 0.333. The summed E-state index contributed by atoms with van der Waals surface area (Å²) in [6.07, 6.45) is 0.229. The maximum absolute atomic E-state index is 5.50. The van der Waals surface area contributed by atoms with Crippen LogP contribution in [-0.2, 0) is 0 Å². The van der Waals surface area contributed by atoms with Gasteiger partial charge in [-0.3, -0.25) is 0 Å². The molecule has 0 aliphatic heterocycles. The van der Waals surface area contributed by atoms with Crippen molar-refractivity contribution in [2.45, 2.75) is 20.0 Å². The molecule has 0 aliphatic carbocycles. The smallest absolute Gasteiger partial charge is 0.118 e. The summed E-state index contributed by atoms with van der Waals surface area (Å²) in [6, 6.07) is 7.84. The van der Waals surface area contributed by atoms with E-state index in [1.807, 2.05) is 38.1 Å². The van der Waals surface area contributed by atoms with Crippen LogP contribution in [0.1, 0.15) is 13.8 Å². The van der Waals surface area contributed by atoms with Crippen LogP contribution < -0.4 is 9.92 Å². The number of hydrogen-bond donors (Lipinski definition) is 0. The number of rotatable bonds is 2. The SMILES string of the molecule is CC(C)Oc1ccccc1[Si]. The van der Waals surface area contributed by atoms with Crippen LogP contribution in [0.3, 0.4) is 0 Å². The van der Waals surface area contributed by atoms with E-state index in [2.05, 4.69) is 10.2 Å². The van der Waals surface area contributed by atoms with Gasteiger partial charge in [0.05, 0.1) is 16.3 Å². The lowest BCUT2D eigenvalue weighted by Gasteiger charge is -2.11. The minimum Gasteiger partial charge on any atom is -0.491 e. The van der Waals surface area contributed by atoms with Crippen LogP contribution in [0, 0.1) is 0 Å². The molecule has 0 amide bonds. The predicted octanol–water partition coefficient (Wildman–Crippen LogP) is 1.27. The third kappa shape index (κ3) is 2.39. The van der Waals surface area contributed by atoms with E-state index in [0.29, 0.717) is 0 Å². The molecule has 0 heterocycles. The number of hydrogen-bond acceptors (Lipinski definition) is 1. The van der Waals surface area contributed by atoms with Gasteiger partial charge in [0.15, 0.2) is 0 Å². The van der Waals surface area contributed by atoms with E-state index in [1.54, 1.807) is 0 Å². The lowest BCUT2D eigenvalue weighted by atomic mass is 10.3. The van der Waals surface area contributed by atoms with Crippen molar-refractivity contribution in [1.29, 1.82) is 0 Å². The molecule has 1 aromatic rings. The first-order valence-corrected chi connectivity index (χ1v) is 4.17. The van der Waals surface area contributed by atoms with Gasteiger partial charge in [0.2, 0.25) is 0 Å². The third-order valence-corrected chi connectivity index (χ3v) is 1.66. The lowest BCUT2D eigenvalue weighted by molar-refractivity contribution is 0.244. The van der Waals surface area contributed by atoms with E-state index >= 15 is 0 Å². The summed E-state index contributed by atoms with van der Waals surface area (Å²) in [5.41, 5.74) is 0. The summed E-state index contributed by atoms with van der Waals surface area (Å²) in [7, 11) is 3.45. The molecule has 57 valence electrons. The monoisotopic (exact) mass is 163 g/mol. The van der Waals surface area contributed by atoms with Crippen molar-refractivity contribution in [3.63, 3.8) is 0 Å². The average molecular weight is 163 g/mol. The summed E-state index contributed by atoms with van der Waals surface area (Å²) in [4.78, 5) is 0. The molecule has 2 heteroatoms. The van der Waals surface area contributed by atoms with Crippen molar-refractivity contribution < 1.29 is 4.74 Å².